The van der Waals surface area contributed by atoms with Crippen molar-refractivity contribution in [3.8, 4) is 0 Å². The van der Waals surface area contributed by atoms with Crippen LogP contribution in [0, 0.1) is 0 Å². The number of benzene rings is 1. The van der Waals surface area contributed by atoms with Crippen molar-refractivity contribution in [2.45, 2.75) is 38.4 Å². The van der Waals surface area contributed by atoms with Gasteiger partial charge in [0.1, 0.15) is 0 Å². The van der Waals surface area contributed by atoms with Gasteiger partial charge in [-0.3, -0.25) is 0 Å². The molecule has 0 bridgehead atoms. The van der Waals surface area contributed by atoms with E-state index in [2.05, 4.69) is 43.2 Å². The Kier molecular flexibility index (Phi) is 4.08. The third-order valence-corrected chi connectivity index (χ3v) is 3.99. The van der Waals surface area contributed by atoms with Crippen LogP contribution in [0.2, 0.25) is 5.02 Å². The molecule has 1 aliphatic heterocycles. The molecule has 3 heteroatoms. The SMILES string of the molecule is CC1CC(N[C@@H](C)c2ccc(Cl)cc2)CN1C. The summed E-state index contributed by atoms with van der Waals surface area (Å²) < 4.78 is 0. The maximum Gasteiger partial charge on any atom is 0.0406 e. The van der Waals surface area contributed by atoms with Crippen LogP contribution in [-0.4, -0.2) is 30.6 Å². The van der Waals surface area contributed by atoms with Gasteiger partial charge in [0.2, 0.25) is 0 Å². The summed E-state index contributed by atoms with van der Waals surface area (Å²) in [5, 5.41) is 4.49. The van der Waals surface area contributed by atoms with E-state index in [-0.39, 0.29) is 0 Å². The minimum Gasteiger partial charge on any atom is -0.306 e. The molecule has 1 heterocycles. The fourth-order valence-corrected chi connectivity index (χ4v) is 2.64. The minimum absolute atomic E-state index is 0.385. The third-order valence-electron chi connectivity index (χ3n) is 3.74. The molecule has 1 fully saturated rings. The van der Waals surface area contributed by atoms with Crippen LogP contribution in [-0.2, 0) is 0 Å². The fraction of sp³-hybridized carbons (Fsp3) is 0.571. The highest BCUT2D eigenvalue weighted by molar-refractivity contribution is 6.30. The second kappa shape index (κ2) is 5.38. The number of hydrogen-bond acceptors (Lipinski definition) is 2. The summed E-state index contributed by atoms with van der Waals surface area (Å²) in [7, 11) is 2.19. The van der Waals surface area contributed by atoms with E-state index in [1.165, 1.54) is 12.0 Å². The summed E-state index contributed by atoms with van der Waals surface area (Å²) >= 11 is 5.90. The van der Waals surface area contributed by atoms with E-state index >= 15 is 0 Å². The van der Waals surface area contributed by atoms with Crippen molar-refractivity contribution < 1.29 is 0 Å². The van der Waals surface area contributed by atoms with E-state index < -0.39 is 0 Å². The van der Waals surface area contributed by atoms with Crippen molar-refractivity contribution in [2.75, 3.05) is 13.6 Å². The Bertz CT molecular complexity index is 353. The monoisotopic (exact) mass is 252 g/mol. The number of halogens is 1. The zero-order valence-corrected chi connectivity index (χ0v) is 11.5. The van der Waals surface area contributed by atoms with Crippen LogP contribution in [0.4, 0.5) is 0 Å². The van der Waals surface area contributed by atoms with Gasteiger partial charge in [0, 0.05) is 29.7 Å². The zero-order chi connectivity index (χ0) is 12.4. The van der Waals surface area contributed by atoms with E-state index in [0.29, 0.717) is 18.1 Å². The van der Waals surface area contributed by atoms with Crippen LogP contribution >= 0.6 is 11.6 Å². The lowest BCUT2D eigenvalue weighted by atomic mass is 10.1. The van der Waals surface area contributed by atoms with Gasteiger partial charge in [-0.15, -0.1) is 0 Å². The first-order valence-corrected chi connectivity index (χ1v) is 6.66. The molecule has 0 saturated carbocycles. The summed E-state index contributed by atoms with van der Waals surface area (Å²) in [5.74, 6) is 0. The van der Waals surface area contributed by atoms with Gasteiger partial charge in [-0.1, -0.05) is 23.7 Å². The molecule has 0 aliphatic carbocycles. The molecule has 94 valence electrons. The zero-order valence-electron chi connectivity index (χ0n) is 10.8. The topological polar surface area (TPSA) is 15.3 Å². The Balaban J connectivity index is 1.93. The van der Waals surface area contributed by atoms with Gasteiger partial charge < -0.3 is 10.2 Å². The van der Waals surface area contributed by atoms with E-state index in [0.717, 1.165) is 11.6 Å². The summed E-state index contributed by atoms with van der Waals surface area (Å²) in [5.41, 5.74) is 1.30. The van der Waals surface area contributed by atoms with Gasteiger partial charge in [-0.25, -0.2) is 0 Å². The van der Waals surface area contributed by atoms with E-state index in [9.17, 15) is 0 Å². The van der Waals surface area contributed by atoms with Gasteiger partial charge in [-0.05, 0) is 45.0 Å². The fourth-order valence-electron chi connectivity index (χ4n) is 2.52. The van der Waals surface area contributed by atoms with Crippen LogP contribution in [0.25, 0.3) is 0 Å². The normalized spacial score (nSPS) is 27.3. The van der Waals surface area contributed by atoms with Crippen molar-refractivity contribution >= 4 is 11.6 Å². The van der Waals surface area contributed by atoms with Crippen LogP contribution in [0.5, 0.6) is 0 Å². The molecule has 2 unspecified atom stereocenters. The second-order valence-electron chi connectivity index (χ2n) is 5.16. The average Bonchev–Trinajstić information content (AvgIpc) is 2.58. The number of hydrogen-bond donors (Lipinski definition) is 1. The molecule has 1 aromatic carbocycles. The Morgan fingerprint density at radius 2 is 2.00 bits per heavy atom. The Morgan fingerprint density at radius 1 is 1.35 bits per heavy atom. The molecule has 0 spiro atoms. The lowest BCUT2D eigenvalue weighted by Crippen LogP contribution is -2.33. The molecule has 0 aromatic heterocycles. The first kappa shape index (κ1) is 12.9. The number of nitrogens with zero attached hydrogens (tertiary/aromatic N) is 1. The van der Waals surface area contributed by atoms with Gasteiger partial charge in [0.15, 0.2) is 0 Å². The van der Waals surface area contributed by atoms with Crippen molar-refractivity contribution in [3.05, 3.63) is 34.9 Å². The Morgan fingerprint density at radius 3 is 2.53 bits per heavy atom. The Labute approximate surface area is 109 Å². The lowest BCUT2D eigenvalue weighted by molar-refractivity contribution is 0.325. The molecule has 17 heavy (non-hydrogen) atoms. The van der Waals surface area contributed by atoms with Crippen molar-refractivity contribution in [1.29, 1.82) is 0 Å². The first-order valence-electron chi connectivity index (χ1n) is 6.28. The molecule has 2 rings (SSSR count). The highest BCUT2D eigenvalue weighted by Gasteiger charge is 2.26. The molecular weight excluding hydrogens is 232 g/mol. The Hall–Kier alpha value is -0.570. The molecular formula is C14H21ClN2. The second-order valence-corrected chi connectivity index (χ2v) is 5.60. The number of likely N-dealkylation sites (tertiary alicyclic amines) is 1. The van der Waals surface area contributed by atoms with Gasteiger partial charge >= 0.3 is 0 Å². The predicted octanol–water partition coefficient (Wildman–Crippen LogP) is 3.08. The average molecular weight is 253 g/mol. The largest absolute Gasteiger partial charge is 0.306 e. The molecule has 3 atom stereocenters. The number of likely N-dealkylation sites (N-methyl/N-ethyl adjacent to an activating group) is 1. The van der Waals surface area contributed by atoms with Gasteiger partial charge in [-0.2, -0.15) is 0 Å². The van der Waals surface area contributed by atoms with Crippen molar-refractivity contribution in [2.24, 2.45) is 0 Å². The first-order chi connectivity index (χ1) is 8.06. The third kappa shape index (κ3) is 3.21. The lowest BCUT2D eigenvalue weighted by Gasteiger charge is -2.19. The number of nitrogens with one attached hydrogen (secondary N) is 1. The van der Waals surface area contributed by atoms with E-state index in [1.54, 1.807) is 0 Å². The predicted molar refractivity (Wildman–Crippen MR) is 73.5 cm³/mol. The molecule has 0 radical (unpaired) electrons. The van der Waals surface area contributed by atoms with Crippen LogP contribution in [0.15, 0.2) is 24.3 Å². The summed E-state index contributed by atoms with van der Waals surface area (Å²) in [6.07, 6.45) is 1.23. The molecule has 0 amide bonds. The molecule has 1 aromatic rings. The highest BCUT2D eigenvalue weighted by atomic mass is 35.5. The summed E-state index contributed by atoms with van der Waals surface area (Å²) in [6.45, 7) is 5.64. The summed E-state index contributed by atoms with van der Waals surface area (Å²) in [4.78, 5) is 2.41. The van der Waals surface area contributed by atoms with E-state index in [1.807, 2.05) is 12.1 Å². The molecule has 1 N–H and O–H groups in total. The van der Waals surface area contributed by atoms with Gasteiger partial charge in [0.05, 0.1) is 0 Å². The molecule has 1 aliphatic rings. The van der Waals surface area contributed by atoms with Crippen LogP contribution < -0.4 is 5.32 Å². The van der Waals surface area contributed by atoms with Crippen LogP contribution in [0.1, 0.15) is 31.9 Å². The maximum absolute atomic E-state index is 5.90. The molecule has 1 saturated heterocycles. The quantitative estimate of drug-likeness (QED) is 0.890. The number of rotatable bonds is 3. The summed E-state index contributed by atoms with van der Waals surface area (Å²) in [6, 6.07) is 9.78. The van der Waals surface area contributed by atoms with Crippen LogP contribution in [0.3, 0.4) is 0 Å². The smallest absolute Gasteiger partial charge is 0.0406 e. The highest BCUT2D eigenvalue weighted by Crippen LogP contribution is 2.20. The van der Waals surface area contributed by atoms with E-state index in [4.69, 9.17) is 11.6 Å². The standard InChI is InChI=1S/C14H21ClN2/c1-10-8-14(9-17(10)3)16-11(2)12-4-6-13(15)7-5-12/h4-7,10-11,14,16H,8-9H2,1-3H3/t10?,11-,14?/m0/s1. The maximum atomic E-state index is 5.90. The van der Waals surface area contributed by atoms with Gasteiger partial charge in [0.25, 0.3) is 0 Å². The molecule has 2 nitrogen and oxygen atoms in total. The minimum atomic E-state index is 0.385. The van der Waals surface area contributed by atoms with Crippen molar-refractivity contribution in [3.63, 3.8) is 0 Å². The van der Waals surface area contributed by atoms with Crippen molar-refractivity contribution in [1.82, 2.24) is 10.2 Å².